The molecule has 0 aliphatic heterocycles. The number of rotatable bonds is 6. The number of carbonyl (C=O) groups excluding carboxylic acids is 1. The van der Waals surface area contributed by atoms with Crippen LogP contribution in [-0.4, -0.2) is 15.3 Å². The molecule has 1 fully saturated rings. The summed E-state index contributed by atoms with van der Waals surface area (Å²) < 4.78 is 1.96. The van der Waals surface area contributed by atoms with Crippen molar-refractivity contribution in [2.45, 2.75) is 64.3 Å². The topological polar surface area (TPSA) is 46.4 Å². The third kappa shape index (κ3) is 4.63. The Kier molecular flexibility index (Phi) is 6.48. The number of nitrogens with one attached hydrogen (secondary N) is 1. The molecule has 34 heavy (non-hydrogen) atoms. The summed E-state index contributed by atoms with van der Waals surface area (Å²) in [6.07, 6.45) is 7.61. The molecule has 0 radical (unpaired) electrons. The lowest BCUT2D eigenvalue weighted by Gasteiger charge is -2.29. The van der Waals surface area contributed by atoms with Gasteiger partial charge in [-0.1, -0.05) is 67.1 Å². The lowest BCUT2D eigenvalue weighted by atomic mass is 9.76. The smallest absolute Gasteiger partial charge is 0.270 e. The van der Waals surface area contributed by atoms with Gasteiger partial charge in [0.1, 0.15) is 11.3 Å². The number of carbonyl (C=O) groups is 1. The van der Waals surface area contributed by atoms with Gasteiger partial charge in [-0.15, -0.1) is 0 Å². The first-order chi connectivity index (χ1) is 16.6. The monoisotopic (exact) mass is 451 g/mol. The molecule has 4 aromatic rings. The standard InChI is InChI=1S/C30H33N3O/c1-3-27-29(30(34)31-20-22-11-9-21(2)10-12-22)33-18-17-26(19-28(33)32-27)25-15-13-24(14-16-25)23-7-5-4-6-8-23/h4-12,17-19,24-25H,3,13-16,20H2,1-2H3,(H,31,34). The van der Waals surface area contributed by atoms with Crippen LogP contribution in [0.2, 0.25) is 0 Å². The number of benzene rings is 2. The van der Waals surface area contributed by atoms with Gasteiger partial charge in [-0.3, -0.25) is 9.20 Å². The highest BCUT2D eigenvalue weighted by Gasteiger charge is 2.25. The molecule has 4 nitrogen and oxygen atoms in total. The van der Waals surface area contributed by atoms with Crippen molar-refractivity contribution in [1.29, 1.82) is 0 Å². The minimum atomic E-state index is -0.0685. The Bertz CT molecular complexity index is 1270. The average molecular weight is 452 g/mol. The highest BCUT2D eigenvalue weighted by Crippen LogP contribution is 2.40. The van der Waals surface area contributed by atoms with Crippen LogP contribution in [-0.2, 0) is 13.0 Å². The molecule has 174 valence electrons. The van der Waals surface area contributed by atoms with Crippen molar-refractivity contribution in [2.24, 2.45) is 0 Å². The van der Waals surface area contributed by atoms with Crippen LogP contribution in [0.15, 0.2) is 72.9 Å². The maximum Gasteiger partial charge on any atom is 0.270 e. The van der Waals surface area contributed by atoms with Gasteiger partial charge in [-0.2, -0.15) is 0 Å². The van der Waals surface area contributed by atoms with E-state index < -0.39 is 0 Å². The fourth-order valence-corrected chi connectivity index (χ4v) is 5.31. The predicted molar refractivity (Wildman–Crippen MR) is 137 cm³/mol. The van der Waals surface area contributed by atoms with Crippen LogP contribution < -0.4 is 5.32 Å². The summed E-state index contributed by atoms with van der Waals surface area (Å²) in [6, 6.07) is 23.6. The minimum absolute atomic E-state index is 0.0685. The van der Waals surface area contributed by atoms with Gasteiger partial charge in [-0.25, -0.2) is 4.98 Å². The summed E-state index contributed by atoms with van der Waals surface area (Å²) in [5, 5.41) is 3.09. The van der Waals surface area contributed by atoms with E-state index in [9.17, 15) is 4.79 Å². The number of amides is 1. The van der Waals surface area contributed by atoms with Crippen LogP contribution in [0.25, 0.3) is 5.65 Å². The Hall–Kier alpha value is -3.40. The van der Waals surface area contributed by atoms with Crippen molar-refractivity contribution in [3.05, 3.63) is 107 Å². The first-order valence-corrected chi connectivity index (χ1v) is 12.5. The molecule has 5 rings (SSSR count). The van der Waals surface area contributed by atoms with E-state index in [1.807, 2.05) is 10.6 Å². The van der Waals surface area contributed by atoms with Gasteiger partial charge < -0.3 is 5.32 Å². The predicted octanol–water partition coefficient (Wildman–Crippen LogP) is 6.58. The molecule has 1 saturated carbocycles. The molecular formula is C30H33N3O. The lowest BCUT2D eigenvalue weighted by molar-refractivity contribution is 0.0944. The van der Waals surface area contributed by atoms with E-state index in [1.165, 1.54) is 42.4 Å². The average Bonchev–Trinajstić information content (AvgIpc) is 3.27. The fourth-order valence-electron chi connectivity index (χ4n) is 5.31. The van der Waals surface area contributed by atoms with E-state index in [2.05, 4.69) is 85.9 Å². The van der Waals surface area contributed by atoms with E-state index in [1.54, 1.807) is 0 Å². The number of aromatic nitrogens is 2. The van der Waals surface area contributed by atoms with Crippen LogP contribution in [0.4, 0.5) is 0 Å². The highest BCUT2D eigenvalue weighted by molar-refractivity contribution is 5.94. The van der Waals surface area contributed by atoms with Gasteiger partial charge in [0.05, 0.1) is 5.69 Å². The molecule has 4 heteroatoms. The van der Waals surface area contributed by atoms with Gasteiger partial charge in [0.2, 0.25) is 0 Å². The second-order valence-electron chi connectivity index (χ2n) is 9.58. The highest BCUT2D eigenvalue weighted by atomic mass is 16.1. The van der Waals surface area contributed by atoms with E-state index in [0.29, 0.717) is 24.1 Å². The number of hydrogen-bond donors (Lipinski definition) is 1. The summed E-state index contributed by atoms with van der Waals surface area (Å²) in [6.45, 7) is 4.64. The molecule has 1 aliphatic carbocycles. The molecule has 1 N–H and O–H groups in total. The Balaban J connectivity index is 1.31. The Morgan fingerprint density at radius 1 is 0.941 bits per heavy atom. The zero-order valence-corrected chi connectivity index (χ0v) is 20.1. The van der Waals surface area contributed by atoms with E-state index in [-0.39, 0.29) is 5.91 Å². The summed E-state index contributed by atoms with van der Waals surface area (Å²) in [5.74, 6) is 1.16. The summed E-state index contributed by atoms with van der Waals surface area (Å²) >= 11 is 0. The van der Waals surface area contributed by atoms with Crippen molar-refractivity contribution in [2.75, 3.05) is 0 Å². The molecule has 0 saturated heterocycles. The van der Waals surface area contributed by atoms with Gasteiger partial charge >= 0.3 is 0 Å². The van der Waals surface area contributed by atoms with E-state index in [0.717, 1.165) is 23.3 Å². The summed E-state index contributed by atoms with van der Waals surface area (Å²) in [4.78, 5) is 18.0. The van der Waals surface area contributed by atoms with Crippen molar-refractivity contribution in [1.82, 2.24) is 14.7 Å². The molecule has 0 atom stereocenters. The van der Waals surface area contributed by atoms with Crippen LogP contribution in [0.3, 0.4) is 0 Å². The van der Waals surface area contributed by atoms with Crippen LogP contribution in [0, 0.1) is 6.92 Å². The second kappa shape index (κ2) is 9.84. The fraction of sp³-hybridized carbons (Fsp3) is 0.333. The quantitative estimate of drug-likeness (QED) is 0.360. The van der Waals surface area contributed by atoms with Gasteiger partial charge in [0.15, 0.2) is 0 Å². The number of pyridine rings is 1. The number of imidazole rings is 1. The van der Waals surface area contributed by atoms with E-state index in [4.69, 9.17) is 4.98 Å². The lowest BCUT2D eigenvalue weighted by Crippen LogP contribution is -2.25. The third-order valence-electron chi connectivity index (χ3n) is 7.32. The molecule has 2 aromatic heterocycles. The van der Waals surface area contributed by atoms with E-state index >= 15 is 0 Å². The van der Waals surface area contributed by atoms with Crippen molar-refractivity contribution < 1.29 is 4.79 Å². The maximum absolute atomic E-state index is 13.1. The zero-order chi connectivity index (χ0) is 23.5. The minimum Gasteiger partial charge on any atom is -0.347 e. The molecule has 2 heterocycles. The van der Waals surface area contributed by atoms with Crippen LogP contribution >= 0.6 is 0 Å². The van der Waals surface area contributed by atoms with Gasteiger partial charge in [-0.05, 0) is 79.7 Å². The molecule has 0 bridgehead atoms. The van der Waals surface area contributed by atoms with Crippen molar-refractivity contribution in [3.8, 4) is 0 Å². The van der Waals surface area contributed by atoms with Crippen molar-refractivity contribution >= 4 is 11.6 Å². The number of aryl methyl sites for hydroxylation is 2. The normalized spacial score (nSPS) is 18.2. The molecular weight excluding hydrogens is 418 g/mol. The van der Waals surface area contributed by atoms with Crippen molar-refractivity contribution in [3.63, 3.8) is 0 Å². The van der Waals surface area contributed by atoms with Gasteiger partial charge in [0.25, 0.3) is 5.91 Å². The second-order valence-corrected chi connectivity index (χ2v) is 9.58. The third-order valence-corrected chi connectivity index (χ3v) is 7.32. The Morgan fingerprint density at radius 3 is 2.29 bits per heavy atom. The van der Waals surface area contributed by atoms with Crippen LogP contribution in [0.1, 0.15) is 82.9 Å². The van der Waals surface area contributed by atoms with Crippen LogP contribution in [0.5, 0.6) is 0 Å². The molecule has 1 amide bonds. The molecule has 0 unspecified atom stereocenters. The largest absolute Gasteiger partial charge is 0.347 e. The Morgan fingerprint density at radius 2 is 1.62 bits per heavy atom. The number of nitrogens with zero attached hydrogens (tertiary/aromatic N) is 2. The molecule has 0 spiro atoms. The summed E-state index contributed by atoms with van der Waals surface area (Å²) in [5.41, 5.74) is 7.51. The number of hydrogen-bond acceptors (Lipinski definition) is 2. The number of fused-ring (bicyclic) bond motifs is 1. The summed E-state index contributed by atoms with van der Waals surface area (Å²) in [7, 11) is 0. The Labute approximate surface area is 202 Å². The first-order valence-electron chi connectivity index (χ1n) is 12.5. The van der Waals surface area contributed by atoms with Gasteiger partial charge in [0, 0.05) is 12.7 Å². The maximum atomic E-state index is 13.1. The molecule has 1 aliphatic rings. The SMILES string of the molecule is CCc1nc2cc(C3CCC(c4ccccc4)CC3)ccn2c1C(=O)NCc1ccc(C)cc1. The molecule has 2 aromatic carbocycles. The first kappa shape index (κ1) is 22.4. The zero-order valence-electron chi connectivity index (χ0n) is 20.1.